The van der Waals surface area contributed by atoms with Gasteiger partial charge in [-0.05, 0) is 24.0 Å². The first-order valence-electron chi connectivity index (χ1n) is 7.80. The maximum Gasteiger partial charge on any atom is 0.265 e. The van der Waals surface area contributed by atoms with E-state index in [4.69, 9.17) is 0 Å². The van der Waals surface area contributed by atoms with Crippen LogP contribution < -0.4 is 0 Å². The minimum atomic E-state index is 0.136. The Morgan fingerprint density at radius 1 is 1.09 bits per heavy atom. The van der Waals surface area contributed by atoms with E-state index in [1.807, 2.05) is 4.90 Å². The molecule has 1 aliphatic heterocycles. The lowest BCUT2D eigenvalue weighted by molar-refractivity contribution is 0.0580. The van der Waals surface area contributed by atoms with Crippen LogP contribution in [-0.4, -0.2) is 52.9 Å². The van der Waals surface area contributed by atoms with E-state index in [0.717, 1.165) is 43.9 Å². The molecule has 0 N–H and O–H groups in total. The molecule has 1 aliphatic carbocycles. The number of carbonyl (C=O) groups excluding carboxylic acids is 1. The zero-order valence-corrected chi connectivity index (χ0v) is 13.3. The fourth-order valence-corrected chi connectivity index (χ4v) is 4.15. The number of hydrogen-bond donors (Lipinski definition) is 0. The van der Waals surface area contributed by atoms with Gasteiger partial charge in [0.2, 0.25) is 0 Å². The summed E-state index contributed by atoms with van der Waals surface area (Å²) in [6.45, 7) is 3.60. The Balaban J connectivity index is 1.36. The van der Waals surface area contributed by atoms with E-state index in [-0.39, 0.29) is 5.91 Å². The normalized spacial score (nSPS) is 19.4. The first-order valence-corrected chi connectivity index (χ1v) is 8.68. The molecule has 0 unspecified atom stereocenters. The van der Waals surface area contributed by atoms with E-state index < -0.39 is 0 Å². The summed E-state index contributed by atoms with van der Waals surface area (Å²) in [5, 5.41) is 0. The zero-order chi connectivity index (χ0) is 14.9. The number of benzene rings is 1. The van der Waals surface area contributed by atoms with Crippen LogP contribution in [0.2, 0.25) is 0 Å². The van der Waals surface area contributed by atoms with Crippen LogP contribution in [0, 0.1) is 0 Å². The van der Waals surface area contributed by atoms with Crippen molar-refractivity contribution in [2.24, 2.45) is 0 Å². The highest BCUT2D eigenvalue weighted by molar-refractivity contribution is 7.11. The molecule has 1 aromatic heterocycles. The minimum absolute atomic E-state index is 0.136. The Morgan fingerprint density at radius 2 is 1.77 bits per heavy atom. The maximum absolute atomic E-state index is 12.3. The van der Waals surface area contributed by atoms with Gasteiger partial charge in [-0.1, -0.05) is 24.3 Å². The molecular formula is C17H19N3OS. The Hall–Kier alpha value is -1.72. The molecule has 2 aliphatic rings. The Bertz CT molecular complexity index is 637. The van der Waals surface area contributed by atoms with Gasteiger partial charge in [-0.15, -0.1) is 11.3 Å². The molecule has 4 rings (SSSR count). The number of carbonyl (C=O) groups is 1. The number of hydrogen-bond acceptors (Lipinski definition) is 4. The van der Waals surface area contributed by atoms with Crippen LogP contribution in [0.4, 0.5) is 0 Å². The molecule has 2 aromatic rings. The van der Waals surface area contributed by atoms with Gasteiger partial charge in [0.15, 0.2) is 0 Å². The minimum Gasteiger partial charge on any atom is -0.335 e. The van der Waals surface area contributed by atoms with Crippen LogP contribution >= 0.6 is 11.3 Å². The Morgan fingerprint density at radius 3 is 2.36 bits per heavy atom. The number of amides is 1. The summed E-state index contributed by atoms with van der Waals surface area (Å²) in [6.07, 6.45) is 3.98. The summed E-state index contributed by atoms with van der Waals surface area (Å²) in [5.74, 6) is 0.136. The van der Waals surface area contributed by atoms with Crippen molar-refractivity contribution < 1.29 is 4.79 Å². The molecule has 0 bridgehead atoms. The van der Waals surface area contributed by atoms with E-state index in [9.17, 15) is 4.79 Å². The summed E-state index contributed by atoms with van der Waals surface area (Å²) in [6, 6.07) is 9.37. The largest absolute Gasteiger partial charge is 0.335 e. The topological polar surface area (TPSA) is 36.4 Å². The van der Waals surface area contributed by atoms with Crippen molar-refractivity contribution in [1.29, 1.82) is 0 Å². The third kappa shape index (κ3) is 2.55. The van der Waals surface area contributed by atoms with Gasteiger partial charge in [-0.2, -0.15) is 0 Å². The van der Waals surface area contributed by atoms with Crippen molar-refractivity contribution in [3.05, 3.63) is 52.0 Å². The van der Waals surface area contributed by atoms with Crippen molar-refractivity contribution >= 4 is 17.2 Å². The Kier molecular flexibility index (Phi) is 3.68. The Labute approximate surface area is 134 Å². The predicted octanol–water partition coefficient (Wildman–Crippen LogP) is 2.07. The standard InChI is InChI=1S/C17H19N3OS/c21-17(16-11-18-12-22-16)20-7-5-19(6-8-20)15-9-13-3-1-2-4-14(13)10-15/h1-4,11-12,15H,5-10H2. The molecule has 0 radical (unpaired) electrons. The summed E-state index contributed by atoms with van der Waals surface area (Å²) in [4.78, 5) is 21.6. The van der Waals surface area contributed by atoms with Crippen LogP contribution in [0.25, 0.3) is 0 Å². The molecule has 1 fully saturated rings. The molecule has 1 saturated heterocycles. The summed E-state index contributed by atoms with van der Waals surface area (Å²) in [5.41, 5.74) is 4.71. The van der Waals surface area contributed by atoms with E-state index in [1.165, 1.54) is 22.5 Å². The zero-order valence-electron chi connectivity index (χ0n) is 12.4. The first-order chi connectivity index (χ1) is 10.8. The monoisotopic (exact) mass is 313 g/mol. The fourth-order valence-electron chi connectivity index (χ4n) is 3.56. The quantitative estimate of drug-likeness (QED) is 0.851. The number of fused-ring (bicyclic) bond motifs is 1. The summed E-state index contributed by atoms with van der Waals surface area (Å²) in [7, 11) is 0. The lowest BCUT2D eigenvalue weighted by Crippen LogP contribution is -2.52. The van der Waals surface area contributed by atoms with Crippen molar-refractivity contribution in [3.63, 3.8) is 0 Å². The molecule has 5 heteroatoms. The second kappa shape index (κ2) is 5.82. The van der Waals surface area contributed by atoms with Crippen LogP contribution in [-0.2, 0) is 12.8 Å². The molecule has 1 amide bonds. The molecule has 1 aromatic carbocycles. The number of piperazine rings is 1. The van der Waals surface area contributed by atoms with Gasteiger partial charge < -0.3 is 4.90 Å². The number of aromatic nitrogens is 1. The molecule has 0 atom stereocenters. The summed E-state index contributed by atoms with van der Waals surface area (Å²) < 4.78 is 0. The van der Waals surface area contributed by atoms with Gasteiger partial charge in [0, 0.05) is 32.2 Å². The smallest absolute Gasteiger partial charge is 0.265 e. The van der Waals surface area contributed by atoms with Crippen LogP contribution in [0.3, 0.4) is 0 Å². The third-order valence-electron chi connectivity index (χ3n) is 4.79. The maximum atomic E-state index is 12.3. The number of thiazole rings is 1. The average molecular weight is 313 g/mol. The molecule has 4 nitrogen and oxygen atoms in total. The molecule has 0 saturated carbocycles. The van der Waals surface area contributed by atoms with Crippen molar-refractivity contribution in [2.45, 2.75) is 18.9 Å². The van der Waals surface area contributed by atoms with Crippen LogP contribution in [0.5, 0.6) is 0 Å². The van der Waals surface area contributed by atoms with Gasteiger partial charge in [-0.3, -0.25) is 14.7 Å². The van der Waals surface area contributed by atoms with Crippen LogP contribution in [0.15, 0.2) is 36.0 Å². The first kappa shape index (κ1) is 13.9. The van der Waals surface area contributed by atoms with Gasteiger partial charge in [0.1, 0.15) is 4.88 Å². The van der Waals surface area contributed by atoms with Gasteiger partial charge in [-0.25, -0.2) is 0 Å². The molecular weight excluding hydrogens is 294 g/mol. The average Bonchev–Trinajstić information content (AvgIpc) is 3.23. The fraction of sp³-hybridized carbons (Fsp3) is 0.412. The highest BCUT2D eigenvalue weighted by Crippen LogP contribution is 2.26. The highest BCUT2D eigenvalue weighted by Gasteiger charge is 2.30. The van der Waals surface area contributed by atoms with Crippen LogP contribution in [0.1, 0.15) is 20.8 Å². The SMILES string of the molecule is O=C(c1cncs1)N1CCN(C2Cc3ccccc3C2)CC1. The molecule has 2 heterocycles. The van der Waals surface area contributed by atoms with E-state index in [2.05, 4.69) is 34.1 Å². The van der Waals surface area contributed by atoms with Gasteiger partial charge in [0.05, 0.1) is 11.7 Å². The lowest BCUT2D eigenvalue weighted by Gasteiger charge is -2.37. The van der Waals surface area contributed by atoms with Crippen molar-refractivity contribution in [1.82, 2.24) is 14.8 Å². The van der Waals surface area contributed by atoms with Gasteiger partial charge >= 0.3 is 0 Å². The molecule has 0 spiro atoms. The van der Waals surface area contributed by atoms with Crippen molar-refractivity contribution in [2.75, 3.05) is 26.2 Å². The number of rotatable bonds is 2. The number of nitrogens with zero attached hydrogens (tertiary/aromatic N) is 3. The third-order valence-corrected chi connectivity index (χ3v) is 5.55. The second-order valence-corrected chi connectivity index (χ2v) is 6.91. The lowest BCUT2D eigenvalue weighted by atomic mass is 10.1. The molecule has 114 valence electrons. The van der Waals surface area contributed by atoms with E-state index >= 15 is 0 Å². The second-order valence-electron chi connectivity index (χ2n) is 6.02. The van der Waals surface area contributed by atoms with E-state index in [1.54, 1.807) is 11.7 Å². The highest BCUT2D eigenvalue weighted by atomic mass is 32.1. The predicted molar refractivity (Wildman–Crippen MR) is 87.2 cm³/mol. The summed E-state index contributed by atoms with van der Waals surface area (Å²) >= 11 is 1.43. The van der Waals surface area contributed by atoms with E-state index in [0.29, 0.717) is 6.04 Å². The van der Waals surface area contributed by atoms with Crippen molar-refractivity contribution in [3.8, 4) is 0 Å². The molecule has 22 heavy (non-hydrogen) atoms. The van der Waals surface area contributed by atoms with Gasteiger partial charge in [0.25, 0.3) is 5.91 Å².